The Kier molecular flexibility index (Phi) is 2.69. The first-order chi connectivity index (χ1) is 7.29. The molecule has 7 heteroatoms. The molecule has 0 aliphatic rings. The second-order valence-corrected chi connectivity index (χ2v) is 3.58. The highest BCUT2D eigenvalue weighted by Gasteiger charge is 2.06. The maximum absolute atomic E-state index is 8.44. The summed E-state index contributed by atoms with van der Waals surface area (Å²) in [5, 5.41) is 19.9. The second-order valence-electron chi connectivity index (χ2n) is 2.66. The highest BCUT2D eigenvalue weighted by Crippen LogP contribution is 2.13. The molecule has 0 bridgehead atoms. The van der Waals surface area contributed by atoms with Crippen molar-refractivity contribution in [3.05, 3.63) is 22.8 Å². The molecule has 2 heterocycles. The first-order valence-electron chi connectivity index (χ1n) is 4.06. The van der Waals surface area contributed by atoms with Gasteiger partial charge < -0.3 is 0 Å². The molecule has 0 N–H and O–H groups in total. The number of hydrogen-bond acceptors (Lipinski definition) is 5. The van der Waals surface area contributed by atoms with Gasteiger partial charge in [-0.1, -0.05) is 0 Å². The van der Waals surface area contributed by atoms with Crippen LogP contribution in [0.15, 0.2) is 22.8 Å². The quantitative estimate of drug-likeness (QED) is 0.809. The lowest BCUT2D eigenvalue weighted by atomic mass is 10.3. The third kappa shape index (κ3) is 2.16. The Labute approximate surface area is 93.7 Å². The van der Waals surface area contributed by atoms with Gasteiger partial charge in [0.15, 0.2) is 0 Å². The summed E-state index contributed by atoms with van der Waals surface area (Å²) in [5.74, 6) is 0.415. The number of nitrogens with zero attached hydrogens (tertiary/aromatic N) is 6. The molecule has 15 heavy (non-hydrogen) atoms. The zero-order chi connectivity index (χ0) is 10.7. The van der Waals surface area contributed by atoms with Gasteiger partial charge in [0.2, 0.25) is 5.82 Å². The van der Waals surface area contributed by atoms with Crippen LogP contribution >= 0.6 is 15.9 Å². The van der Waals surface area contributed by atoms with Gasteiger partial charge in [-0.25, -0.2) is 0 Å². The third-order valence-electron chi connectivity index (χ3n) is 1.62. The molecule has 2 aromatic rings. The molecule has 2 aromatic heterocycles. The van der Waals surface area contributed by atoms with E-state index in [0.717, 1.165) is 4.47 Å². The Balaban J connectivity index is 2.30. The number of rotatable bonds is 2. The standard InChI is InChI=1S/C8H5BrN6/c9-6-1-2-7(11-5-6)8-12-14-15(13-8)4-3-10/h1-2,5H,4H2. The monoisotopic (exact) mass is 264 g/mol. The summed E-state index contributed by atoms with van der Waals surface area (Å²) in [4.78, 5) is 5.34. The zero-order valence-electron chi connectivity index (χ0n) is 7.50. The van der Waals surface area contributed by atoms with Gasteiger partial charge in [0, 0.05) is 10.7 Å². The van der Waals surface area contributed by atoms with Crippen LogP contribution in [0.2, 0.25) is 0 Å². The molecular weight excluding hydrogens is 260 g/mol. The van der Waals surface area contributed by atoms with Crippen molar-refractivity contribution in [3.63, 3.8) is 0 Å². The average Bonchev–Trinajstić information content (AvgIpc) is 2.68. The van der Waals surface area contributed by atoms with Gasteiger partial charge >= 0.3 is 0 Å². The van der Waals surface area contributed by atoms with Gasteiger partial charge in [0.1, 0.15) is 12.2 Å². The Morgan fingerprint density at radius 2 is 2.33 bits per heavy atom. The van der Waals surface area contributed by atoms with Gasteiger partial charge in [-0.2, -0.15) is 5.26 Å². The highest BCUT2D eigenvalue weighted by atomic mass is 79.9. The molecule has 0 amide bonds. The van der Waals surface area contributed by atoms with Gasteiger partial charge in [0.05, 0.1) is 6.07 Å². The van der Waals surface area contributed by atoms with Crippen molar-refractivity contribution in [1.82, 2.24) is 25.2 Å². The van der Waals surface area contributed by atoms with E-state index in [0.29, 0.717) is 11.5 Å². The first kappa shape index (κ1) is 9.73. The van der Waals surface area contributed by atoms with Crippen LogP contribution in [-0.4, -0.2) is 25.2 Å². The van der Waals surface area contributed by atoms with E-state index in [4.69, 9.17) is 5.26 Å². The maximum atomic E-state index is 8.44. The van der Waals surface area contributed by atoms with Crippen LogP contribution in [0.4, 0.5) is 0 Å². The van der Waals surface area contributed by atoms with Gasteiger partial charge in [-0.3, -0.25) is 4.98 Å². The molecule has 74 valence electrons. The normalized spacial score (nSPS) is 9.87. The highest BCUT2D eigenvalue weighted by molar-refractivity contribution is 9.10. The van der Waals surface area contributed by atoms with E-state index in [1.54, 1.807) is 12.3 Å². The lowest BCUT2D eigenvalue weighted by Gasteiger charge is -1.92. The van der Waals surface area contributed by atoms with Crippen LogP contribution in [0.5, 0.6) is 0 Å². The lowest BCUT2D eigenvalue weighted by Crippen LogP contribution is -1.99. The smallest absolute Gasteiger partial charge is 0.223 e. The van der Waals surface area contributed by atoms with E-state index in [1.807, 2.05) is 12.1 Å². The lowest BCUT2D eigenvalue weighted by molar-refractivity contribution is 0.589. The average molecular weight is 265 g/mol. The number of hydrogen-bond donors (Lipinski definition) is 0. The van der Waals surface area contributed by atoms with E-state index >= 15 is 0 Å². The second kappa shape index (κ2) is 4.14. The van der Waals surface area contributed by atoms with Crippen molar-refractivity contribution < 1.29 is 0 Å². The van der Waals surface area contributed by atoms with Gasteiger partial charge in [-0.15, -0.1) is 15.0 Å². The molecule has 0 fully saturated rings. The van der Waals surface area contributed by atoms with Crippen LogP contribution in [0.3, 0.4) is 0 Å². The van der Waals surface area contributed by atoms with E-state index in [1.165, 1.54) is 4.80 Å². The van der Waals surface area contributed by atoms with Crippen molar-refractivity contribution in [3.8, 4) is 17.6 Å². The summed E-state index contributed by atoms with van der Waals surface area (Å²) in [6, 6.07) is 5.54. The Morgan fingerprint density at radius 3 is 3.00 bits per heavy atom. The van der Waals surface area contributed by atoms with Crippen molar-refractivity contribution in [2.45, 2.75) is 6.54 Å². The minimum absolute atomic E-state index is 0.0868. The van der Waals surface area contributed by atoms with Crippen molar-refractivity contribution in [1.29, 1.82) is 5.26 Å². The summed E-state index contributed by atoms with van der Waals surface area (Å²) < 4.78 is 0.885. The largest absolute Gasteiger partial charge is 0.252 e. The van der Waals surface area contributed by atoms with E-state index in [2.05, 4.69) is 36.3 Å². The van der Waals surface area contributed by atoms with E-state index < -0.39 is 0 Å². The molecule has 0 unspecified atom stereocenters. The van der Waals surface area contributed by atoms with Crippen LogP contribution in [0.1, 0.15) is 0 Å². The molecule has 2 rings (SSSR count). The summed E-state index contributed by atoms with van der Waals surface area (Å²) >= 11 is 3.28. The van der Waals surface area contributed by atoms with Crippen LogP contribution in [-0.2, 0) is 6.54 Å². The zero-order valence-corrected chi connectivity index (χ0v) is 9.09. The Morgan fingerprint density at radius 1 is 1.47 bits per heavy atom. The molecule has 0 spiro atoms. The fourth-order valence-electron chi connectivity index (χ4n) is 0.984. The minimum Gasteiger partial charge on any atom is -0.252 e. The summed E-state index contributed by atoms with van der Waals surface area (Å²) in [7, 11) is 0. The molecule has 0 aromatic carbocycles. The fourth-order valence-corrected chi connectivity index (χ4v) is 1.22. The number of aromatic nitrogens is 5. The van der Waals surface area contributed by atoms with Crippen molar-refractivity contribution >= 4 is 15.9 Å². The van der Waals surface area contributed by atoms with Gasteiger partial charge in [-0.05, 0) is 33.3 Å². The number of halogens is 1. The topological polar surface area (TPSA) is 80.3 Å². The number of tetrazole rings is 1. The predicted octanol–water partition coefficient (Wildman–Crippen LogP) is 1.02. The maximum Gasteiger partial charge on any atom is 0.223 e. The SMILES string of the molecule is N#CCn1nnc(-c2ccc(Br)cn2)n1. The van der Waals surface area contributed by atoms with Crippen molar-refractivity contribution in [2.24, 2.45) is 0 Å². The summed E-state index contributed by atoms with van der Waals surface area (Å²) in [6.07, 6.45) is 1.65. The molecule has 0 radical (unpaired) electrons. The summed E-state index contributed by atoms with van der Waals surface area (Å²) in [5.41, 5.74) is 0.627. The molecule has 0 aliphatic heterocycles. The Bertz CT molecular complexity index is 497. The molecular formula is C8H5BrN6. The summed E-state index contributed by atoms with van der Waals surface area (Å²) in [6.45, 7) is 0.0868. The first-order valence-corrected chi connectivity index (χ1v) is 4.85. The molecule has 0 saturated carbocycles. The fraction of sp³-hybridized carbons (Fsp3) is 0.125. The van der Waals surface area contributed by atoms with E-state index in [9.17, 15) is 0 Å². The minimum atomic E-state index is 0.0868. The molecule has 0 saturated heterocycles. The van der Waals surface area contributed by atoms with Gasteiger partial charge in [0.25, 0.3) is 0 Å². The molecule has 0 aliphatic carbocycles. The van der Waals surface area contributed by atoms with Crippen LogP contribution in [0, 0.1) is 11.3 Å². The van der Waals surface area contributed by atoms with Crippen molar-refractivity contribution in [2.75, 3.05) is 0 Å². The third-order valence-corrected chi connectivity index (χ3v) is 2.09. The van der Waals surface area contributed by atoms with Crippen LogP contribution in [0.25, 0.3) is 11.5 Å². The number of nitriles is 1. The Hall–Kier alpha value is -1.81. The predicted molar refractivity (Wildman–Crippen MR) is 54.4 cm³/mol. The molecule has 0 atom stereocenters. The number of pyridine rings is 1. The van der Waals surface area contributed by atoms with E-state index in [-0.39, 0.29) is 6.54 Å². The molecule has 6 nitrogen and oxygen atoms in total. The van der Waals surface area contributed by atoms with Crippen LogP contribution < -0.4 is 0 Å².